The van der Waals surface area contributed by atoms with E-state index >= 15 is 0 Å². The SMILES string of the molecule is CC(=O)NC(=O)COCC(=O)OCCn1c([N+](=O)[O-])cnc1C. The lowest BCUT2D eigenvalue weighted by atomic mass is 10.5. The molecule has 0 bridgehead atoms. The molecule has 126 valence electrons. The van der Waals surface area contributed by atoms with Crippen LogP contribution in [0.2, 0.25) is 0 Å². The number of aryl methyl sites for hydroxylation is 1. The molecule has 0 saturated heterocycles. The first kappa shape index (κ1) is 18.2. The second-order valence-electron chi connectivity index (χ2n) is 4.39. The van der Waals surface area contributed by atoms with Gasteiger partial charge in [-0.1, -0.05) is 0 Å². The lowest BCUT2D eigenvalue weighted by Gasteiger charge is -2.06. The first-order valence-corrected chi connectivity index (χ1v) is 6.51. The molecule has 11 nitrogen and oxygen atoms in total. The molecule has 0 spiro atoms. The van der Waals surface area contributed by atoms with E-state index in [1.807, 2.05) is 5.32 Å². The number of carbonyl (C=O) groups excluding carboxylic acids is 3. The molecule has 0 aliphatic heterocycles. The highest BCUT2D eigenvalue weighted by atomic mass is 16.6. The average Bonchev–Trinajstić information content (AvgIpc) is 2.79. The van der Waals surface area contributed by atoms with E-state index in [2.05, 4.69) is 4.98 Å². The van der Waals surface area contributed by atoms with Crippen molar-refractivity contribution in [2.75, 3.05) is 19.8 Å². The summed E-state index contributed by atoms with van der Waals surface area (Å²) in [7, 11) is 0. The van der Waals surface area contributed by atoms with Crippen molar-refractivity contribution in [2.24, 2.45) is 0 Å². The van der Waals surface area contributed by atoms with E-state index < -0.39 is 35.9 Å². The maximum Gasteiger partial charge on any atom is 0.342 e. The minimum absolute atomic E-state index is 0.0682. The van der Waals surface area contributed by atoms with Crippen LogP contribution in [0.15, 0.2) is 6.20 Å². The molecule has 0 aliphatic rings. The molecule has 0 atom stereocenters. The molecule has 1 N–H and O–H groups in total. The van der Waals surface area contributed by atoms with Gasteiger partial charge in [-0.2, -0.15) is 0 Å². The summed E-state index contributed by atoms with van der Waals surface area (Å²) in [5.41, 5.74) is 0. The van der Waals surface area contributed by atoms with E-state index in [1.54, 1.807) is 6.92 Å². The van der Waals surface area contributed by atoms with Crippen LogP contribution in [0.4, 0.5) is 5.82 Å². The number of ether oxygens (including phenoxy) is 2. The first-order chi connectivity index (χ1) is 10.8. The lowest BCUT2D eigenvalue weighted by Crippen LogP contribution is -2.32. The summed E-state index contributed by atoms with van der Waals surface area (Å²) in [6.07, 6.45) is 1.12. The van der Waals surface area contributed by atoms with Gasteiger partial charge in [0.2, 0.25) is 5.91 Å². The fourth-order valence-corrected chi connectivity index (χ4v) is 1.63. The summed E-state index contributed by atoms with van der Waals surface area (Å²) in [5, 5.41) is 12.7. The molecule has 1 rings (SSSR count). The Balaban J connectivity index is 2.30. The van der Waals surface area contributed by atoms with Crippen molar-refractivity contribution < 1.29 is 28.8 Å². The van der Waals surface area contributed by atoms with Crippen molar-refractivity contribution >= 4 is 23.6 Å². The first-order valence-electron chi connectivity index (χ1n) is 6.51. The number of nitrogens with one attached hydrogen (secondary N) is 1. The van der Waals surface area contributed by atoms with Crippen molar-refractivity contribution in [1.82, 2.24) is 14.9 Å². The molecule has 23 heavy (non-hydrogen) atoms. The minimum atomic E-state index is -0.735. The molecule has 0 radical (unpaired) electrons. The standard InChI is InChI=1S/C12H16N4O7/c1-8-13-5-11(16(20)21)15(8)3-4-23-12(19)7-22-6-10(18)14-9(2)17/h5H,3-4,6-7H2,1-2H3,(H,14,17,18). The van der Waals surface area contributed by atoms with Crippen LogP contribution in [0, 0.1) is 17.0 Å². The molecule has 1 aromatic rings. The number of hydrogen-bond donors (Lipinski definition) is 1. The topological polar surface area (TPSA) is 143 Å². The van der Waals surface area contributed by atoms with E-state index in [4.69, 9.17) is 9.47 Å². The number of rotatable bonds is 8. The summed E-state index contributed by atoms with van der Waals surface area (Å²) in [5.74, 6) is -1.71. The maximum atomic E-state index is 11.4. The number of imide groups is 1. The van der Waals surface area contributed by atoms with Crippen LogP contribution in [-0.4, -0.2) is 52.1 Å². The van der Waals surface area contributed by atoms with Crippen molar-refractivity contribution in [1.29, 1.82) is 0 Å². The van der Waals surface area contributed by atoms with Gasteiger partial charge in [-0.25, -0.2) is 14.3 Å². The van der Waals surface area contributed by atoms with Crippen LogP contribution < -0.4 is 5.32 Å². The summed E-state index contributed by atoms with van der Waals surface area (Å²) >= 11 is 0. The van der Waals surface area contributed by atoms with Gasteiger partial charge in [0, 0.05) is 13.8 Å². The quantitative estimate of drug-likeness (QED) is 0.376. The Morgan fingerprint density at radius 1 is 1.39 bits per heavy atom. The van der Waals surface area contributed by atoms with Crippen LogP contribution in [-0.2, 0) is 30.4 Å². The Labute approximate surface area is 130 Å². The Kier molecular flexibility index (Phi) is 6.80. The van der Waals surface area contributed by atoms with Gasteiger partial charge in [0.1, 0.15) is 32.6 Å². The number of nitrogens with zero attached hydrogens (tertiary/aromatic N) is 3. The predicted molar refractivity (Wildman–Crippen MR) is 74.2 cm³/mol. The van der Waals surface area contributed by atoms with Gasteiger partial charge in [-0.15, -0.1) is 0 Å². The van der Waals surface area contributed by atoms with Crippen LogP contribution in [0.5, 0.6) is 0 Å². The Bertz CT molecular complexity index is 611. The van der Waals surface area contributed by atoms with Gasteiger partial charge < -0.3 is 19.6 Å². The van der Waals surface area contributed by atoms with Gasteiger partial charge in [-0.05, 0) is 4.92 Å². The van der Waals surface area contributed by atoms with Gasteiger partial charge in [0.05, 0.1) is 0 Å². The van der Waals surface area contributed by atoms with Gasteiger partial charge in [-0.3, -0.25) is 14.9 Å². The van der Waals surface area contributed by atoms with E-state index in [9.17, 15) is 24.5 Å². The van der Waals surface area contributed by atoms with Gasteiger partial charge in [0.15, 0.2) is 5.82 Å². The molecular formula is C12H16N4O7. The zero-order chi connectivity index (χ0) is 17.4. The van der Waals surface area contributed by atoms with Crippen LogP contribution in [0.1, 0.15) is 12.7 Å². The fourth-order valence-electron chi connectivity index (χ4n) is 1.63. The minimum Gasteiger partial charge on any atom is -0.460 e. The third-order valence-electron chi connectivity index (χ3n) is 2.57. The predicted octanol–water partition coefficient (Wildman–Crippen LogP) is -0.678. The summed E-state index contributed by atoms with van der Waals surface area (Å²) < 4.78 is 10.9. The van der Waals surface area contributed by atoms with Gasteiger partial charge in [0.25, 0.3) is 5.91 Å². The number of esters is 1. The van der Waals surface area contributed by atoms with Gasteiger partial charge >= 0.3 is 11.8 Å². The normalized spacial score (nSPS) is 10.2. The zero-order valence-corrected chi connectivity index (χ0v) is 12.6. The number of amides is 2. The molecule has 0 fully saturated rings. The lowest BCUT2D eigenvalue weighted by molar-refractivity contribution is -0.392. The molecular weight excluding hydrogens is 312 g/mol. The monoisotopic (exact) mass is 328 g/mol. The number of carbonyl (C=O) groups is 3. The van der Waals surface area contributed by atoms with Crippen LogP contribution >= 0.6 is 0 Å². The fraction of sp³-hybridized carbons (Fsp3) is 0.500. The summed E-state index contributed by atoms with van der Waals surface area (Å²) in [4.78, 5) is 47.0. The summed E-state index contributed by atoms with van der Waals surface area (Å²) in [6, 6.07) is 0. The molecule has 11 heteroatoms. The highest BCUT2D eigenvalue weighted by Crippen LogP contribution is 2.12. The van der Waals surface area contributed by atoms with Crippen molar-refractivity contribution in [2.45, 2.75) is 20.4 Å². The van der Waals surface area contributed by atoms with Crippen molar-refractivity contribution in [3.63, 3.8) is 0 Å². The maximum absolute atomic E-state index is 11.4. The van der Waals surface area contributed by atoms with Crippen molar-refractivity contribution in [3.8, 4) is 0 Å². The molecule has 2 amide bonds. The Morgan fingerprint density at radius 3 is 2.70 bits per heavy atom. The molecule has 1 aromatic heterocycles. The van der Waals surface area contributed by atoms with E-state index in [-0.39, 0.29) is 19.0 Å². The highest BCUT2D eigenvalue weighted by molar-refractivity contribution is 5.94. The number of hydrogen-bond acceptors (Lipinski definition) is 8. The zero-order valence-electron chi connectivity index (χ0n) is 12.6. The molecule has 0 unspecified atom stereocenters. The van der Waals surface area contributed by atoms with Crippen LogP contribution in [0.3, 0.4) is 0 Å². The molecule has 0 saturated carbocycles. The number of imidazole rings is 1. The Hall–Kier alpha value is -2.82. The largest absolute Gasteiger partial charge is 0.460 e. The molecule has 0 aliphatic carbocycles. The third-order valence-corrected chi connectivity index (χ3v) is 2.57. The van der Waals surface area contributed by atoms with E-state index in [0.717, 1.165) is 6.20 Å². The second kappa shape index (κ2) is 8.58. The third kappa shape index (κ3) is 6.22. The summed E-state index contributed by atoms with van der Waals surface area (Å²) in [6.45, 7) is 1.78. The number of aromatic nitrogens is 2. The average molecular weight is 328 g/mol. The Morgan fingerprint density at radius 2 is 2.09 bits per heavy atom. The highest BCUT2D eigenvalue weighted by Gasteiger charge is 2.17. The van der Waals surface area contributed by atoms with E-state index in [1.165, 1.54) is 11.5 Å². The second-order valence-corrected chi connectivity index (χ2v) is 4.39. The van der Waals surface area contributed by atoms with Crippen molar-refractivity contribution in [3.05, 3.63) is 22.1 Å². The number of nitro groups is 1. The molecule has 1 heterocycles. The smallest absolute Gasteiger partial charge is 0.342 e. The van der Waals surface area contributed by atoms with Crippen LogP contribution in [0.25, 0.3) is 0 Å². The van der Waals surface area contributed by atoms with E-state index in [0.29, 0.717) is 5.82 Å². The molecule has 0 aromatic carbocycles.